The summed E-state index contributed by atoms with van der Waals surface area (Å²) < 4.78 is 0. The van der Waals surface area contributed by atoms with E-state index < -0.39 is 4.92 Å². The van der Waals surface area contributed by atoms with Crippen LogP contribution in [-0.2, 0) is 6.54 Å². The Morgan fingerprint density at radius 3 is 3.00 bits per heavy atom. The van der Waals surface area contributed by atoms with Gasteiger partial charge in [-0.2, -0.15) is 0 Å². The van der Waals surface area contributed by atoms with Gasteiger partial charge in [-0.05, 0) is 37.8 Å². The molecule has 1 aromatic rings. The second-order valence-corrected chi connectivity index (χ2v) is 5.24. The van der Waals surface area contributed by atoms with Crippen molar-refractivity contribution in [2.45, 2.75) is 38.3 Å². The number of hydrogen-bond donors (Lipinski definition) is 2. The number of nitro groups is 1. The van der Waals surface area contributed by atoms with Crippen LogP contribution in [0.2, 0.25) is 0 Å². The molecule has 1 heterocycles. The topological polar surface area (TPSA) is 92.6 Å². The summed E-state index contributed by atoms with van der Waals surface area (Å²) in [6.45, 7) is 1.84. The molecule has 2 rings (SSSR count). The van der Waals surface area contributed by atoms with Crippen LogP contribution in [0.15, 0.2) is 18.2 Å². The molecule has 0 amide bonds. The first kappa shape index (κ1) is 14.7. The van der Waals surface area contributed by atoms with Gasteiger partial charge in [0.15, 0.2) is 0 Å². The number of anilines is 1. The summed E-state index contributed by atoms with van der Waals surface area (Å²) in [7, 11) is 0. The van der Waals surface area contributed by atoms with E-state index in [1.165, 1.54) is 6.07 Å². The average Bonchev–Trinajstić information content (AvgIpc) is 2.85. The molecule has 3 N–H and O–H groups in total. The van der Waals surface area contributed by atoms with E-state index >= 15 is 0 Å². The SMILES string of the molecule is Nc1c(CN2CCCC2CCCO)cccc1[N+](=O)[O-]. The minimum atomic E-state index is -0.438. The van der Waals surface area contributed by atoms with Gasteiger partial charge in [0.1, 0.15) is 5.69 Å². The zero-order chi connectivity index (χ0) is 14.5. The van der Waals surface area contributed by atoms with Gasteiger partial charge in [-0.3, -0.25) is 15.0 Å². The van der Waals surface area contributed by atoms with E-state index in [-0.39, 0.29) is 18.0 Å². The number of nitrogens with two attached hydrogens (primary N) is 1. The average molecular weight is 279 g/mol. The van der Waals surface area contributed by atoms with E-state index in [9.17, 15) is 10.1 Å². The van der Waals surface area contributed by atoms with Crippen molar-refractivity contribution < 1.29 is 10.0 Å². The molecule has 1 unspecified atom stereocenters. The number of aliphatic hydroxyl groups excluding tert-OH is 1. The van der Waals surface area contributed by atoms with Crippen LogP contribution in [0.5, 0.6) is 0 Å². The second-order valence-electron chi connectivity index (χ2n) is 5.24. The summed E-state index contributed by atoms with van der Waals surface area (Å²) in [5, 5.41) is 19.8. The standard InChI is InChI=1S/C14H21N3O3/c15-14-11(4-1-7-13(14)17(19)20)10-16-8-2-5-12(16)6-3-9-18/h1,4,7,12,18H,2-3,5-6,8-10,15H2. The fourth-order valence-electron chi connectivity index (χ4n) is 2.87. The monoisotopic (exact) mass is 279 g/mol. The van der Waals surface area contributed by atoms with Gasteiger partial charge >= 0.3 is 0 Å². The van der Waals surface area contributed by atoms with Gasteiger partial charge in [0.05, 0.1) is 4.92 Å². The molecule has 0 bridgehead atoms. The zero-order valence-electron chi connectivity index (χ0n) is 11.5. The molecule has 110 valence electrons. The summed E-state index contributed by atoms with van der Waals surface area (Å²) in [4.78, 5) is 12.8. The third-order valence-corrected chi connectivity index (χ3v) is 3.94. The van der Waals surface area contributed by atoms with Crippen molar-refractivity contribution in [3.05, 3.63) is 33.9 Å². The van der Waals surface area contributed by atoms with Gasteiger partial charge in [-0.15, -0.1) is 0 Å². The Balaban J connectivity index is 2.09. The van der Waals surface area contributed by atoms with E-state index in [4.69, 9.17) is 10.8 Å². The van der Waals surface area contributed by atoms with Crippen molar-refractivity contribution in [3.8, 4) is 0 Å². The van der Waals surface area contributed by atoms with Crippen molar-refractivity contribution in [1.29, 1.82) is 0 Å². The summed E-state index contributed by atoms with van der Waals surface area (Å²) in [5.41, 5.74) is 6.96. The first-order valence-corrected chi connectivity index (χ1v) is 7.00. The lowest BCUT2D eigenvalue weighted by Gasteiger charge is -2.24. The van der Waals surface area contributed by atoms with Gasteiger partial charge in [-0.25, -0.2) is 0 Å². The highest BCUT2D eigenvalue weighted by Gasteiger charge is 2.25. The Morgan fingerprint density at radius 2 is 2.30 bits per heavy atom. The maximum Gasteiger partial charge on any atom is 0.292 e. The molecule has 1 saturated heterocycles. The Bertz CT molecular complexity index is 479. The number of rotatable bonds is 6. The van der Waals surface area contributed by atoms with Crippen LogP contribution >= 0.6 is 0 Å². The van der Waals surface area contributed by atoms with E-state index in [1.54, 1.807) is 6.07 Å². The molecule has 0 spiro atoms. The number of nitrogen functional groups attached to an aromatic ring is 1. The Labute approximate surface area is 118 Å². The molecular formula is C14H21N3O3. The Hall–Kier alpha value is -1.66. The molecule has 1 aromatic carbocycles. The molecule has 20 heavy (non-hydrogen) atoms. The minimum absolute atomic E-state index is 0.0198. The highest BCUT2D eigenvalue weighted by molar-refractivity contribution is 5.62. The second kappa shape index (κ2) is 6.67. The summed E-state index contributed by atoms with van der Waals surface area (Å²) in [5.74, 6) is 0. The number of nitrogens with zero attached hydrogens (tertiary/aromatic N) is 2. The predicted octanol–water partition coefficient (Wildman–Crippen LogP) is 1.91. The molecule has 0 radical (unpaired) electrons. The maximum atomic E-state index is 10.9. The Morgan fingerprint density at radius 1 is 1.50 bits per heavy atom. The zero-order valence-corrected chi connectivity index (χ0v) is 11.5. The van der Waals surface area contributed by atoms with Crippen molar-refractivity contribution in [1.82, 2.24) is 4.90 Å². The molecule has 1 aliphatic rings. The molecule has 1 fully saturated rings. The quantitative estimate of drug-likeness (QED) is 0.471. The van der Waals surface area contributed by atoms with E-state index in [0.717, 1.165) is 37.8 Å². The molecule has 6 heteroatoms. The van der Waals surface area contributed by atoms with Crippen LogP contribution in [-0.4, -0.2) is 34.1 Å². The first-order chi connectivity index (χ1) is 9.63. The number of aliphatic hydroxyl groups is 1. The number of benzene rings is 1. The van der Waals surface area contributed by atoms with Crippen LogP contribution in [0, 0.1) is 10.1 Å². The molecule has 0 saturated carbocycles. The molecule has 1 aliphatic heterocycles. The van der Waals surface area contributed by atoms with Gasteiger partial charge < -0.3 is 10.8 Å². The normalized spacial score (nSPS) is 19.4. The summed E-state index contributed by atoms with van der Waals surface area (Å²) in [6, 6.07) is 5.42. The van der Waals surface area contributed by atoms with Crippen molar-refractivity contribution in [2.24, 2.45) is 0 Å². The fraction of sp³-hybridized carbons (Fsp3) is 0.571. The number of likely N-dealkylation sites (tertiary alicyclic amines) is 1. The van der Waals surface area contributed by atoms with Gasteiger partial charge in [0.2, 0.25) is 0 Å². The van der Waals surface area contributed by atoms with Crippen LogP contribution in [0.25, 0.3) is 0 Å². The third-order valence-electron chi connectivity index (χ3n) is 3.94. The van der Waals surface area contributed by atoms with Crippen molar-refractivity contribution in [3.63, 3.8) is 0 Å². The molecule has 6 nitrogen and oxygen atoms in total. The maximum absolute atomic E-state index is 10.9. The van der Waals surface area contributed by atoms with Gasteiger partial charge in [0.25, 0.3) is 5.69 Å². The molecule has 1 atom stereocenters. The van der Waals surface area contributed by atoms with E-state index in [2.05, 4.69) is 4.90 Å². The van der Waals surface area contributed by atoms with Crippen LogP contribution in [0.3, 0.4) is 0 Å². The highest BCUT2D eigenvalue weighted by Crippen LogP contribution is 2.29. The Kier molecular flexibility index (Phi) is 4.92. The van der Waals surface area contributed by atoms with Crippen LogP contribution in [0.1, 0.15) is 31.2 Å². The number of hydrogen-bond acceptors (Lipinski definition) is 5. The number of para-hydroxylation sites is 1. The lowest BCUT2D eigenvalue weighted by atomic mass is 10.1. The molecular weight excluding hydrogens is 258 g/mol. The van der Waals surface area contributed by atoms with Crippen molar-refractivity contribution >= 4 is 11.4 Å². The predicted molar refractivity (Wildman–Crippen MR) is 77.3 cm³/mol. The smallest absolute Gasteiger partial charge is 0.292 e. The van der Waals surface area contributed by atoms with Crippen LogP contribution in [0.4, 0.5) is 11.4 Å². The van der Waals surface area contributed by atoms with Gasteiger partial charge in [-0.1, -0.05) is 12.1 Å². The largest absolute Gasteiger partial charge is 0.396 e. The van der Waals surface area contributed by atoms with Crippen LogP contribution < -0.4 is 5.73 Å². The van der Waals surface area contributed by atoms with Gasteiger partial charge in [0, 0.05) is 25.3 Å². The van der Waals surface area contributed by atoms with E-state index in [0.29, 0.717) is 12.6 Å². The summed E-state index contributed by atoms with van der Waals surface area (Å²) in [6.07, 6.45) is 4.01. The lowest BCUT2D eigenvalue weighted by molar-refractivity contribution is -0.384. The first-order valence-electron chi connectivity index (χ1n) is 7.00. The molecule has 0 aromatic heterocycles. The lowest BCUT2D eigenvalue weighted by Crippen LogP contribution is -2.29. The molecule has 0 aliphatic carbocycles. The third kappa shape index (κ3) is 3.26. The van der Waals surface area contributed by atoms with Crippen molar-refractivity contribution in [2.75, 3.05) is 18.9 Å². The number of nitro benzene ring substituents is 1. The minimum Gasteiger partial charge on any atom is -0.396 e. The fourth-order valence-corrected chi connectivity index (χ4v) is 2.87. The highest BCUT2D eigenvalue weighted by atomic mass is 16.6. The summed E-state index contributed by atoms with van der Waals surface area (Å²) >= 11 is 0. The van der Waals surface area contributed by atoms with E-state index in [1.807, 2.05) is 6.07 Å².